The fourth-order valence-electron chi connectivity index (χ4n) is 1.86. The molecule has 0 aliphatic carbocycles. The molecule has 1 atom stereocenters. The summed E-state index contributed by atoms with van der Waals surface area (Å²) in [6.07, 6.45) is 0.951. The van der Waals surface area contributed by atoms with Crippen LogP contribution < -0.4 is 11.3 Å². The van der Waals surface area contributed by atoms with Gasteiger partial charge in [0.25, 0.3) is 0 Å². The molecule has 0 aromatic rings. The van der Waals surface area contributed by atoms with Crippen LogP contribution in [0.25, 0.3) is 0 Å². The molecule has 5 nitrogen and oxygen atoms in total. The first-order valence-electron chi connectivity index (χ1n) is 5.16. The van der Waals surface area contributed by atoms with Gasteiger partial charge in [0, 0.05) is 13.1 Å². The van der Waals surface area contributed by atoms with Crippen molar-refractivity contribution in [3.63, 3.8) is 0 Å². The van der Waals surface area contributed by atoms with Gasteiger partial charge in [0.2, 0.25) is 0 Å². The monoisotopic (exact) mass is 213 g/mol. The summed E-state index contributed by atoms with van der Waals surface area (Å²) in [5, 5.41) is 0. The summed E-state index contributed by atoms with van der Waals surface area (Å²) >= 11 is 0. The molecule has 15 heavy (non-hydrogen) atoms. The quantitative estimate of drug-likeness (QED) is 0.255. The Morgan fingerprint density at radius 3 is 2.40 bits per heavy atom. The molecule has 1 heterocycles. The number of nitrogens with zero attached hydrogens (tertiary/aromatic N) is 1. The number of carbonyl (C=O) groups is 2. The molecule has 86 valence electrons. The Kier molecular flexibility index (Phi) is 3.34. The molecule has 0 radical (unpaired) electrons. The van der Waals surface area contributed by atoms with Crippen molar-refractivity contribution in [2.45, 2.75) is 27.2 Å². The van der Waals surface area contributed by atoms with Gasteiger partial charge < -0.3 is 4.90 Å². The third-order valence-electron chi connectivity index (χ3n) is 3.03. The summed E-state index contributed by atoms with van der Waals surface area (Å²) in [6.45, 7) is 7.74. The molecule has 1 unspecified atom stereocenters. The van der Waals surface area contributed by atoms with E-state index < -0.39 is 11.8 Å². The third kappa shape index (κ3) is 2.68. The van der Waals surface area contributed by atoms with Gasteiger partial charge in [-0.25, -0.2) is 5.84 Å². The smallest absolute Gasteiger partial charge is 0.323 e. The van der Waals surface area contributed by atoms with E-state index in [0.717, 1.165) is 6.42 Å². The van der Waals surface area contributed by atoms with Crippen molar-refractivity contribution in [3.8, 4) is 0 Å². The summed E-state index contributed by atoms with van der Waals surface area (Å²) < 4.78 is 0. The number of nitrogens with two attached hydrogens (primary N) is 1. The number of carbonyl (C=O) groups excluding carboxylic acids is 2. The lowest BCUT2D eigenvalue weighted by molar-refractivity contribution is -0.145. The second-order valence-corrected chi connectivity index (χ2v) is 5.08. The highest BCUT2D eigenvalue weighted by atomic mass is 16.2. The highest BCUT2D eigenvalue weighted by molar-refractivity contribution is 6.34. The van der Waals surface area contributed by atoms with Gasteiger partial charge in [-0.2, -0.15) is 0 Å². The summed E-state index contributed by atoms with van der Waals surface area (Å²) in [5.74, 6) is 4.11. The van der Waals surface area contributed by atoms with E-state index in [-0.39, 0.29) is 5.41 Å². The van der Waals surface area contributed by atoms with E-state index >= 15 is 0 Å². The molecule has 1 aliphatic heterocycles. The molecule has 1 fully saturated rings. The van der Waals surface area contributed by atoms with E-state index in [2.05, 4.69) is 20.8 Å². The highest BCUT2D eigenvalue weighted by Gasteiger charge is 2.35. The van der Waals surface area contributed by atoms with Crippen molar-refractivity contribution in [3.05, 3.63) is 0 Å². The standard InChI is InChI=1S/C10H19N3O2/c1-10(2,3)7-4-5-13(6-7)9(15)8(14)12-11/h7H,4-6,11H2,1-3H3,(H,12,14). The molecule has 1 saturated heterocycles. The van der Waals surface area contributed by atoms with Crippen LogP contribution in [0, 0.1) is 11.3 Å². The fraction of sp³-hybridized carbons (Fsp3) is 0.800. The van der Waals surface area contributed by atoms with Crippen LogP contribution in [0.4, 0.5) is 0 Å². The van der Waals surface area contributed by atoms with Crippen molar-refractivity contribution in [1.82, 2.24) is 10.3 Å². The molecule has 5 heteroatoms. The van der Waals surface area contributed by atoms with Gasteiger partial charge in [-0.3, -0.25) is 15.0 Å². The summed E-state index contributed by atoms with van der Waals surface area (Å²) in [4.78, 5) is 24.1. The Balaban J connectivity index is 2.57. The minimum Gasteiger partial charge on any atom is -0.334 e. The summed E-state index contributed by atoms with van der Waals surface area (Å²) in [7, 11) is 0. The Labute approximate surface area is 90.0 Å². The maximum atomic E-state index is 11.5. The minimum absolute atomic E-state index is 0.175. The SMILES string of the molecule is CC(C)(C)C1CCN(C(=O)C(=O)NN)C1. The van der Waals surface area contributed by atoms with Crippen molar-refractivity contribution in [1.29, 1.82) is 0 Å². The molecular formula is C10H19N3O2. The van der Waals surface area contributed by atoms with Crippen LogP contribution in [0.1, 0.15) is 27.2 Å². The average molecular weight is 213 g/mol. The normalized spacial score (nSPS) is 21.6. The molecule has 0 aromatic carbocycles. The van der Waals surface area contributed by atoms with Gasteiger partial charge in [-0.05, 0) is 17.8 Å². The summed E-state index contributed by atoms with van der Waals surface area (Å²) in [5.41, 5.74) is 2.04. The molecule has 1 rings (SSSR count). The maximum Gasteiger partial charge on any atom is 0.323 e. The molecule has 1 aliphatic rings. The van der Waals surface area contributed by atoms with Crippen LogP contribution >= 0.6 is 0 Å². The Morgan fingerprint density at radius 2 is 2.00 bits per heavy atom. The van der Waals surface area contributed by atoms with Crippen LogP contribution in [0.15, 0.2) is 0 Å². The predicted octanol–water partition coefficient (Wildman–Crippen LogP) is -0.129. The Morgan fingerprint density at radius 1 is 1.40 bits per heavy atom. The third-order valence-corrected chi connectivity index (χ3v) is 3.03. The van der Waals surface area contributed by atoms with Crippen LogP contribution in [0.3, 0.4) is 0 Å². The van der Waals surface area contributed by atoms with E-state index in [0.29, 0.717) is 19.0 Å². The number of amides is 2. The minimum atomic E-state index is -0.732. The number of nitrogens with one attached hydrogen (secondary N) is 1. The number of likely N-dealkylation sites (tertiary alicyclic amines) is 1. The van der Waals surface area contributed by atoms with E-state index in [1.165, 1.54) is 0 Å². The lowest BCUT2D eigenvalue weighted by Crippen LogP contribution is -2.45. The molecular weight excluding hydrogens is 194 g/mol. The van der Waals surface area contributed by atoms with E-state index in [1.807, 2.05) is 5.43 Å². The topological polar surface area (TPSA) is 75.4 Å². The number of hydrazine groups is 1. The zero-order chi connectivity index (χ0) is 11.6. The van der Waals surface area contributed by atoms with Gasteiger partial charge in [0.15, 0.2) is 0 Å². The van der Waals surface area contributed by atoms with Gasteiger partial charge >= 0.3 is 11.8 Å². The van der Waals surface area contributed by atoms with Crippen molar-refractivity contribution in [2.75, 3.05) is 13.1 Å². The maximum absolute atomic E-state index is 11.5. The lowest BCUT2D eigenvalue weighted by atomic mass is 9.80. The molecule has 0 aromatic heterocycles. The van der Waals surface area contributed by atoms with Crippen LogP contribution in [-0.2, 0) is 9.59 Å². The Hall–Kier alpha value is -1.10. The van der Waals surface area contributed by atoms with Crippen LogP contribution in [-0.4, -0.2) is 29.8 Å². The van der Waals surface area contributed by atoms with Crippen molar-refractivity contribution < 1.29 is 9.59 Å². The number of rotatable bonds is 0. The summed E-state index contributed by atoms with van der Waals surface area (Å²) in [6, 6.07) is 0. The van der Waals surface area contributed by atoms with Crippen LogP contribution in [0.5, 0.6) is 0 Å². The largest absolute Gasteiger partial charge is 0.334 e. The van der Waals surface area contributed by atoms with Gasteiger partial charge in [0.05, 0.1) is 0 Å². The zero-order valence-electron chi connectivity index (χ0n) is 9.54. The second-order valence-electron chi connectivity index (χ2n) is 5.08. The van der Waals surface area contributed by atoms with E-state index in [1.54, 1.807) is 4.90 Å². The number of hydrogen-bond donors (Lipinski definition) is 2. The lowest BCUT2D eigenvalue weighted by Gasteiger charge is -2.26. The zero-order valence-corrected chi connectivity index (χ0v) is 9.54. The fourth-order valence-corrected chi connectivity index (χ4v) is 1.86. The average Bonchev–Trinajstić information content (AvgIpc) is 2.63. The van der Waals surface area contributed by atoms with Gasteiger partial charge in [0.1, 0.15) is 0 Å². The van der Waals surface area contributed by atoms with Gasteiger partial charge in [-0.15, -0.1) is 0 Å². The first-order chi connectivity index (χ1) is 6.86. The van der Waals surface area contributed by atoms with Crippen molar-refractivity contribution >= 4 is 11.8 Å². The van der Waals surface area contributed by atoms with Crippen molar-refractivity contribution in [2.24, 2.45) is 17.2 Å². The first-order valence-corrected chi connectivity index (χ1v) is 5.16. The van der Waals surface area contributed by atoms with E-state index in [4.69, 9.17) is 5.84 Å². The molecule has 0 saturated carbocycles. The molecule has 2 amide bonds. The first kappa shape index (κ1) is 12.0. The Bertz CT molecular complexity index is 270. The molecule has 0 bridgehead atoms. The number of hydrogen-bond acceptors (Lipinski definition) is 3. The van der Waals surface area contributed by atoms with Gasteiger partial charge in [-0.1, -0.05) is 20.8 Å². The highest BCUT2D eigenvalue weighted by Crippen LogP contribution is 2.33. The van der Waals surface area contributed by atoms with Crippen LogP contribution in [0.2, 0.25) is 0 Å². The van der Waals surface area contributed by atoms with E-state index in [9.17, 15) is 9.59 Å². The molecule has 0 spiro atoms. The molecule has 3 N–H and O–H groups in total. The second kappa shape index (κ2) is 4.18. The predicted molar refractivity (Wildman–Crippen MR) is 56.5 cm³/mol.